The predicted molar refractivity (Wildman–Crippen MR) is 96.9 cm³/mol. The normalized spacial score (nSPS) is 23.7. The second-order valence-electron chi connectivity index (χ2n) is 6.22. The van der Waals surface area contributed by atoms with Gasteiger partial charge in [0.25, 0.3) is 0 Å². The average Bonchev–Trinajstić information content (AvgIpc) is 3.15. The zero-order chi connectivity index (χ0) is 16.1. The highest BCUT2D eigenvalue weighted by Gasteiger charge is 2.25. The molecule has 0 radical (unpaired) electrons. The third-order valence-electron chi connectivity index (χ3n) is 4.66. The molecule has 0 spiro atoms. The van der Waals surface area contributed by atoms with Crippen LogP contribution in [0.3, 0.4) is 0 Å². The average molecular weight is 334 g/mol. The molecule has 2 N–H and O–H groups in total. The lowest BCUT2D eigenvalue weighted by atomic mass is 10.2. The zero-order valence-corrected chi connectivity index (χ0v) is 14.5. The number of nitrogens with one attached hydrogen (secondary N) is 2. The standard InChI is InChI=1S/C17H26N4OS/c1-14(11-18-17(22)16-12-23-13-19-16)20-7-9-21(10-8-20)15-5-3-2-4-6-15/h2-6,14,16,19H,7-13H2,1H3,(H,18,22). The Labute approximate surface area is 142 Å². The minimum atomic E-state index is -0.0119. The molecule has 2 aliphatic rings. The van der Waals surface area contributed by atoms with Crippen molar-refractivity contribution in [1.82, 2.24) is 15.5 Å². The first-order valence-electron chi connectivity index (χ1n) is 8.37. The number of carbonyl (C=O) groups is 1. The molecule has 0 aromatic heterocycles. The summed E-state index contributed by atoms with van der Waals surface area (Å²) in [6.45, 7) is 7.11. The highest BCUT2D eigenvalue weighted by atomic mass is 32.2. The van der Waals surface area contributed by atoms with Crippen LogP contribution in [-0.2, 0) is 4.79 Å². The Kier molecular flexibility index (Phi) is 5.80. The Morgan fingerprint density at radius 1 is 1.30 bits per heavy atom. The molecule has 1 aromatic carbocycles. The summed E-state index contributed by atoms with van der Waals surface area (Å²) in [5, 5.41) is 6.31. The van der Waals surface area contributed by atoms with Crippen LogP contribution >= 0.6 is 11.8 Å². The number of carbonyl (C=O) groups excluding carboxylic acids is 1. The Balaban J connectivity index is 1.41. The van der Waals surface area contributed by atoms with E-state index < -0.39 is 0 Å². The molecule has 3 rings (SSSR count). The van der Waals surface area contributed by atoms with Gasteiger partial charge in [0.2, 0.25) is 5.91 Å². The van der Waals surface area contributed by atoms with Gasteiger partial charge in [-0.1, -0.05) is 18.2 Å². The van der Waals surface area contributed by atoms with Crippen molar-refractivity contribution in [2.24, 2.45) is 0 Å². The molecule has 5 nitrogen and oxygen atoms in total. The number of amides is 1. The van der Waals surface area contributed by atoms with E-state index in [4.69, 9.17) is 0 Å². The van der Waals surface area contributed by atoms with Gasteiger partial charge < -0.3 is 10.2 Å². The van der Waals surface area contributed by atoms with Crippen LogP contribution in [0, 0.1) is 0 Å². The van der Waals surface area contributed by atoms with E-state index in [1.165, 1.54) is 5.69 Å². The topological polar surface area (TPSA) is 47.6 Å². The SMILES string of the molecule is CC(CNC(=O)C1CSCN1)N1CCN(c2ccccc2)CC1. The fourth-order valence-corrected chi connectivity index (χ4v) is 4.07. The van der Waals surface area contributed by atoms with Crippen molar-refractivity contribution < 1.29 is 4.79 Å². The number of hydrogen-bond acceptors (Lipinski definition) is 5. The Bertz CT molecular complexity index is 499. The lowest BCUT2D eigenvalue weighted by Gasteiger charge is -2.39. The molecule has 1 aromatic rings. The zero-order valence-electron chi connectivity index (χ0n) is 13.7. The molecule has 23 heavy (non-hydrogen) atoms. The molecule has 0 aliphatic carbocycles. The number of anilines is 1. The van der Waals surface area contributed by atoms with Crippen LogP contribution in [0.1, 0.15) is 6.92 Å². The van der Waals surface area contributed by atoms with Gasteiger partial charge in [0.05, 0.1) is 6.04 Å². The van der Waals surface area contributed by atoms with E-state index in [1.54, 1.807) is 11.8 Å². The van der Waals surface area contributed by atoms with Crippen molar-refractivity contribution in [3.63, 3.8) is 0 Å². The monoisotopic (exact) mass is 334 g/mol. The molecule has 0 saturated carbocycles. The van der Waals surface area contributed by atoms with Gasteiger partial charge in [-0.25, -0.2) is 0 Å². The summed E-state index contributed by atoms with van der Waals surface area (Å²) in [6, 6.07) is 11.0. The summed E-state index contributed by atoms with van der Waals surface area (Å²) < 4.78 is 0. The third kappa shape index (κ3) is 4.40. The summed E-state index contributed by atoms with van der Waals surface area (Å²) in [5.74, 6) is 1.91. The van der Waals surface area contributed by atoms with Crippen LogP contribution in [0.5, 0.6) is 0 Å². The molecule has 2 heterocycles. The summed E-state index contributed by atoms with van der Waals surface area (Å²) in [7, 11) is 0. The maximum Gasteiger partial charge on any atom is 0.238 e. The lowest BCUT2D eigenvalue weighted by Crippen LogP contribution is -2.53. The molecular formula is C17H26N4OS. The van der Waals surface area contributed by atoms with Gasteiger partial charge in [0.1, 0.15) is 0 Å². The molecule has 2 saturated heterocycles. The number of nitrogens with zero attached hydrogens (tertiary/aromatic N) is 2. The fraction of sp³-hybridized carbons (Fsp3) is 0.588. The van der Waals surface area contributed by atoms with Crippen molar-refractivity contribution in [2.75, 3.05) is 49.3 Å². The van der Waals surface area contributed by atoms with Crippen molar-refractivity contribution in [3.05, 3.63) is 30.3 Å². The van der Waals surface area contributed by atoms with E-state index in [0.29, 0.717) is 6.04 Å². The van der Waals surface area contributed by atoms with Crippen LogP contribution in [0.15, 0.2) is 30.3 Å². The quantitative estimate of drug-likeness (QED) is 0.840. The van der Waals surface area contributed by atoms with E-state index in [2.05, 4.69) is 57.7 Å². The molecular weight excluding hydrogens is 308 g/mol. The third-order valence-corrected chi connectivity index (χ3v) is 5.60. The predicted octanol–water partition coefficient (Wildman–Crippen LogP) is 0.976. The van der Waals surface area contributed by atoms with E-state index in [0.717, 1.165) is 44.4 Å². The Morgan fingerprint density at radius 3 is 2.70 bits per heavy atom. The van der Waals surface area contributed by atoms with E-state index >= 15 is 0 Å². The highest BCUT2D eigenvalue weighted by molar-refractivity contribution is 7.99. The molecule has 2 atom stereocenters. The van der Waals surface area contributed by atoms with Gasteiger partial charge in [-0.2, -0.15) is 0 Å². The number of hydrogen-bond donors (Lipinski definition) is 2. The molecule has 2 aliphatic heterocycles. The van der Waals surface area contributed by atoms with Gasteiger partial charge in [-0.3, -0.25) is 15.0 Å². The molecule has 6 heteroatoms. The van der Waals surface area contributed by atoms with Crippen molar-refractivity contribution in [2.45, 2.75) is 19.0 Å². The summed E-state index contributed by atoms with van der Waals surface area (Å²) in [4.78, 5) is 17.0. The van der Waals surface area contributed by atoms with Gasteiger partial charge in [-0.05, 0) is 19.1 Å². The van der Waals surface area contributed by atoms with Gasteiger partial charge in [-0.15, -0.1) is 11.8 Å². The van der Waals surface area contributed by atoms with Gasteiger partial charge in [0.15, 0.2) is 0 Å². The highest BCUT2D eigenvalue weighted by Crippen LogP contribution is 2.16. The van der Waals surface area contributed by atoms with Crippen molar-refractivity contribution in [3.8, 4) is 0 Å². The second-order valence-corrected chi connectivity index (χ2v) is 7.25. The van der Waals surface area contributed by atoms with Crippen LogP contribution in [0.2, 0.25) is 0 Å². The smallest absolute Gasteiger partial charge is 0.238 e. The number of rotatable bonds is 5. The lowest BCUT2D eigenvalue weighted by molar-refractivity contribution is -0.122. The first-order chi connectivity index (χ1) is 11.2. The minimum Gasteiger partial charge on any atom is -0.369 e. The van der Waals surface area contributed by atoms with Gasteiger partial charge >= 0.3 is 0 Å². The number of benzene rings is 1. The number of para-hydroxylation sites is 1. The van der Waals surface area contributed by atoms with E-state index in [-0.39, 0.29) is 11.9 Å². The maximum absolute atomic E-state index is 12.1. The molecule has 2 unspecified atom stereocenters. The van der Waals surface area contributed by atoms with Crippen LogP contribution < -0.4 is 15.5 Å². The number of piperazine rings is 1. The molecule has 0 bridgehead atoms. The number of thioether (sulfide) groups is 1. The summed E-state index contributed by atoms with van der Waals surface area (Å²) >= 11 is 1.78. The summed E-state index contributed by atoms with van der Waals surface area (Å²) in [5.41, 5.74) is 1.30. The molecule has 2 fully saturated rings. The molecule has 1 amide bonds. The fourth-order valence-electron chi connectivity index (χ4n) is 3.12. The first-order valence-corrected chi connectivity index (χ1v) is 9.52. The van der Waals surface area contributed by atoms with Crippen LogP contribution in [-0.4, -0.2) is 67.2 Å². The Hall–Kier alpha value is -1.24. The maximum atomic E-state index is 12.1. The van der Waals surface area contributed by atoms with Crippen LogP contribution in [0.4, 0.5) is 5.69 Å². The minimum absolute atomic E-state index is 0.0119. The van der Waals surface area contributed by atoms with Crippen molar-refractivity contribution >= 4 is 23.4 Å². The Morgan fingerprint density at radius 2 is 2.04 bits per heavy atom. The van der Waals surface area contributed by atoms with E-state index in [1.807, 2.05) is 0 Å². The van der Waals surface area contributed by atoms with Gasteiger partial charge in [0, 0.05) is 56.1 Å². The molecule has 126 valence electrons. The summed E-state index contributed by atoms with van der Waals surface area (Å²) in [6.07, 6.45) is 0. The largest absolute Gasteiger partial charge is 0.369 e. The van der Waals surface area contributed by atoms with E-state index in [9.17, 15) is 4.79 Å². The van der Waals surface area contributed by atoms with Crippen LogP contribution in [0.25, 0.3) is 0 Å². The van der Waals surface area contributed by atoms with Crippen molar-refractivity contribution in [1.29, 1.82) is 0 Å². The second kappa shape index (κ2) is 8.04. The first kappa shape index (κ1) is 16.6.